The molecule has 23 heavy (non-hydrogen) atoms. The average molecular weight is 315 g/mol. The fraction of sp³-hybridized carbons (Fsp3) is 0.250. The summed E-state index contributed by atoms with van der Waals surface area (Å²) in [7, 11) is -2.57. The van der Waals surface area contributed by atoms with Crippen molar-refractivity contribution >= 4 is 25.1 Å². The summed E-state index contributed by atoms with van der Waals surface area (Å²) in [4.78, 5) is 9.96. The van der Waals surface area contributed by atoms with Crippen LogP contribution in [-0.4, -0.2) is 29.2 Å². The van der Waals surface area contributed by atoms with Crippen LogP contribution in [0.4, 0.5) is 0 Å². The first-order chi connectivity index (χ1) is 11.0. The molecule has 0 spiro atoms. The molecular formula is C16H23B2NO4. The third-order valence-corrected chi connectivity index (χ3v) is 3.03. The molecular weight excluding hydrogens is 292 g/mol. The Hall–Kier alpha value is -1.95. The molecule has 2 rings (SSSR count). The lowest BCUT2D eigenvalue weighted by molar-refractivity contribution is 0.425. The Kier molecular flexibility index (Phi) is 10.6. The normalized spacial score (nSPS) is 8.83. The number of rotatable bonds is 3. The lowest BCUT2D eigenvalue weighted by Crippen LogP contribution is -2.31. The van der Waals surface area contributed by atoms with Crippen LogP contribution < -0.4 is 10.9 Å². The molecule has 7 heteroatoms. The molecule has 3 N–H and O–H groups in total. The molecule has 0 atom stereocenters. The quantitative estimate of drug-likeness (QED) is 0.585. The van der Waals surface area contributed by atoms with Gasteiger partial charge in [-0.2, -0.15) is 4.91 Å². The van der Waals surface area contributed by atoms with Crippen molar-refractivity contribution in [3.63, 3.8) is 0 Å². The van der Waals surface area contributed by atoms with Crippen molar-refractivity contribution in [1.29, 1.82) is 0 Å². The molecule has 0 bridgehead atoms. The molecule has 0 amide bonds. The molecule has 0 fully saturated rings. The largest absolute Gasteiger partial charge is 0.517 e. The van der Waals surface area contributed by atoms with Crippen LogP contribution in [0.1, 0.15) is 25.0 Å². The summed E-state index contributed by atoms with van der Waals surface area (Å²) in [6, 6.07) is 14.3. The predicted octanol–water partition coefficient (Wildman–Crippen LogP) is 1.15. The van der Waals surface area contributed by atoms with E-state index in [9.17, 15) is 4.91 Å². The maximum Gasteiger partial charge on any atom is 0.517 e. The SMILES string of the molecule is CC.Cc1ccccc1B(O)N=O.Cc1ccccc1B(O)O. The van der Waals surface area contributed by atoms with Gasteiger partial charge in [-0.1, -0.05) is 78.6 Å². The molecule has 0 saturated heterocycles. The second kappa shape index (κ2) is 11.6. The third-order valence-electron chi connectivity index (χ3n) is 3.03. The van der Waals surface area contributed by atoms with Crippen LogP contribution in [0.5, 0.6) is 0 Å². The van der Waals surface area contributed by atoms with E-state index in [0.29, 0.717) is 10.9 Å². The van der Waals surface area contributed by atoms with E-state index in [0.717, 1.165) is 11.1 Å². The summed E-state index contributed by atoms with van der Waals surface area (Å²) in [5, 5.41) is 29.1. The number of hydrogen-bond donors (Lipinski definition) is 3. The van der Waals surface area contributed by atoms with Crippen LogP contribution in [0, 0.1) is 18.8 Å². The summed E-state index contributed by atoms with van der Waals surface area (Å²) in [5.41, 5.74) is 2.92. The Morgan fingerprint density at radius 2 is 1.17 bits per heavy atom. The zero-order valence-corrected chi connectivity index (χ0v) is 14.0. The first-order valence-corrected chi connectivity index (χ1v) is 7.45. The van der Waals surface area contributed by atoms with Gasteiger partial charge in [-0.25, -0.2) is 0 Å². The summed E-state index contributed by atoms with van der Waals surface area (Å²) >= 11 is 0. The van der Waals surface area contributed by atoms with Gasteiger partial charge in [0.2, 0.25) is 0 Å². The summed E-state index contributed by atoms with van der Waals surface area (Å²) < 4.78 is 0. The summed E-state index contributed by atoms with van der Waals surface area (Å²) in [5.74, 6) is 0. The highest BCUT2D eigenvalue weighted by atomic mass is 16.4. The highest BCUT2D eigenvalue weighted by molar-refractivity contribution is 6.64. The minimum absolute atomic E-state index is 0.572. The highest BCUT2D eigenvalue weighted by Gasteiger charge is 2.16. The van der Waals surface area contributed by atoms with E-state index in [1.54, 1.807) is 24.3 Å². The van der Waals surface area contributed by atoms with Crippen LogP contribution in [0.3, 0.4) is 0 Å². The van der Waals surface area contributed by atoms with Crippen molar-refractivity contribution in [2.24, 2.45) is 5.09 Å². The van der Waals surface area contributed by atoms with E-state index in [4.69, 9.17) is 15.1 Å². The molecule has 0 radical (unpaired) electrons. The van der Waals surface area contributed by atoms with Gasteiger partial charge in [0, 0.05) is 0 Å². The van der Waals surface area contributed by atoms with Crippen molar-refractivity contribution in [2.45, 2.75) is 27.7 Å². The zero-order chi connectivity index (χ0) is 17.8. The first kappa shape index (κ1) is 21.0. The van der Waals surface area contributed by atoms with Gasteiger partial charge in [-0.3, -0.25) is 0 Å². The van der Waals surface area contributed by atoms with Crippen molar-refractivity contribution in [3.8, 4) is 0 Å². The van der Waals surface area contributed by atoms with Gasteiger partial charge in [0.15, 0.2) is 0 Å². The van der Waals surface area contributed by atoms with Crippen LogP contribution in [0.25, 0.3) is 0 Å². The Morgan fingerprint density at radius 3 is 1.48 bits per heavy atom. The van der Waals surface area contributed by atoms with E-state index in [1.807, 2.05) is 52.0 Å². The van der Waals surface area contributed by atoms with Crippen LogP contribution in [-0.2, 0) is 0 Å². The molecule has 0 saturated carbocycles. The second-order valence-corrected chi connectivity index (χ2v) is 4.57. The Bertz CT molecular complexity index is 594. The maximum atomic E-state index is 9.96. The Labute approximate surface area is 138 Å². The smallest absolute Gasteiger partial charge is 0.425 e. The van der Waals surface area contributed by atoms with E-state index >= 15 is 0 Å². The molecule has 0 unspecified atom stereocenters. The van der Waals surface area contributed by atoms with Gasteiger partial charge < -0.3 is 15.1 Å². The fourth-order valence-corrected chi connectivity index (χ4v) is 1.81. The Morgan fingerprint density at radius 1 is 0.783 bits per heavy atom. The van der Waals surface area contributed by atoms with Gasteiger partial charge in [0.25, 0.3) is 0 Å². The predicted molar refractivity (Wildman–Crippen MR) is 96.9 cm³/mol. The molecule has 122 valence electrons. The average Bonchev–Trinajstić information content (AvgIpc) is 2.57. The van der Waals surface area contributed by atoms with Crippen molar-refractivity contribution in [2.75, 3.05) is 0 Å². The third kappa shape index (κ3) is 7.23. The molecule has 2 aromatic carbocycles. The minimum Gasteiger partial charge on any atom is -0.425 e. The van der Waals surface area contributed by atoms with Gasteiger partial charge in [-0.05, 0) is 24.8 Å². The summed E-state index contributed by atoms with van der Waals surface area (Å²) in [6.45, 7) is 7.67. The number of benzene rings is 2. The fourth-order valence-electron chi connectivity index (χ4n) is 1.81. The lowest BCUT2D eigenvalue weighted by atomic mass is 9.73. The van der Waals surface area contributed by atoms with Gasteiger partial charge in [-0.15, -0.1) is 0 Å². The van der Waals surface area contributed by atoms with Gasteiger partial charge >= 0.3 is 14.2 Å². The number of hydrogen-bond acceptors (Lipinski definition) is 5. The minimum atomic E-state index is -1.35. The van der Waals surface area contributed by atoms with E-state index in [2.05, 4.69) is 5.09 Å². The molecule has 5 nitrogen and oxygen atoms in total. The number of nitrogens with zero attached hydrogens (tertiary/aromatic N) is 1. The van der Waals surface area contributed by atoms with Crippen molar-refractivity contribution in [3.05, 3.63) is 64.6 Å². The lowest BCUT2D eigenvalue weighted by Gasteiger charge is -2.01. The molecule has 0 aliphatic carbocycles. The monoisotopic (exact) mass is 315 g/mol. The van der Waals surface area contributed by atoms with E-state index in [1.165, 1.54) is 0 Å². The van der Waals surface area contributed by atoms with Gasteiger partial charge in [0.1, 0.15) is 0 Å². The van der Waals surface area contributed by atoms with Crippen molar-refractivity contribution in [1.82, 2.24) is 0 Å². The standard InChI is InChI=1S/C7H8BNO2.C7H9BO2.C2H6/c1-6-4-2-3-5-7(6)8(10)9-11;1-6-4-2-3-5-7(6)8(9)10;1-2/h2-5,10H,1H3;2-5,9-10H,1H3;1-2H3. The number of nitroso groups, excluding NO2 is 1. The molecule has 0 heterocycles. The maximum absolute atomic E-state index is 9.96. The Balaban J connectivity index is 0.000000381. The zero-order valence-electron chi connectivity index (χ0n) is 14.0. The topological polar surface area (TPSA) is 90.1 Å². The first-order valence-electron chi connectivity index (χ1n) is 7.45. The molecule has 0 aliphatic heterocycles. The van der Waals surface area contributed by atoms with Crippen LogP contribution >= 0.6 is 0 Å². The molecule has 0 aliphatic rings. The second-order valence-electron chi connectivity index (χ2n) is 4.57. The summed E-state index contributed by atoms with van der Waals surface area (Å²) in [6.07, 6.45) is 0. The van der Waals surface area contributed by atoms with Gasteiger partial charge in [0.05, 0.1) is 0 Å². The van der Waals surface area contributed by atoms with Crippen molar-refractivity contribution < 1.29 is 15.1 Å². The van der Waals surface area contributed by atoms with Crippen LogP contribution in [0.15, 0.2) is 53.6 Å². The highest BCUT2D eigenvalue weighted by Crippen LogP contribution is 1.95. The number of aryl methyl sites for hydroxylation is 2. The van der Waals surface area contributed by atoms with E-state index in [-0.39, 0.29) is 0 Å². The molecule has 2 aromatic rings. The van der Waals surface area contributed by atoms with Crippen LogP contribution in [0.2, 0.25) is 0 Å². The van der Waals surface area contributed by atoms with E-state index < -0.39 is 14.2 Å². The molecule has 0 aromatic heterocycles.